The van der Waals surface area contributed by atoms with Crippen LogP contribution in [-0.4, -0.2) is 32.3 Å². The molecule has 0 bridgehead atoms. The molecule has 0 amide bonds. The fourth-order valence-corrected chi connectivity index (χ4v) is 3.34. The van der Waals surface area contributed by atoms with Crippen LogP contribution in [0.5, 0.6) is 0 Å². The molecule has 5 nitrogen and oxygen atoms in total. The first kappa shape index (κ1) is 17.8. The number of nitrogen functional groups attached to an aromatic ring is 1. The first-order valence-electron chi connectivity index (χ1n) is 8.44. The van der Waals surface area contributed by atoms with Crippen LogP contribution in [0, 0.1) is 5.41 Å². The lowest BCUT2D eigenvalue weighted by Gasteiger charge is -2.34. The number of rotatable bonds is 5. The maximum atomic E-state index is 7.69. The highest BCUT2D eigenvalue weighted by molar-refractivity contribution is 6.08. The molecular weight excluding hydrogens is 324 g/mol. The molecule has 0 saturated carbocycles. The first-order valence-corrected chi connectivity index (χ1v) is 8.44. The van der Waals surface area contributed by atoms with Crippen LogP contribution < -0.4 is 11.1 Å². The molecule has 1 unspecified atom stereocenters. The molecule has 134 valence electrons. The number of ether oxygens (including phenoxy) is 1. The molecule has 0 spiro atoms. The average molecular weight is 348 g/mol. The van der Waals surface area contributed by atoms with E-state index in [9.17, 15) is 0 Å². The van der Waals surface area contributed by atoms with Crippen molar-refractivity contribution in [1.82, 2.24) is 10.2 Å². The Hall–Kier alpha value is -3.05. The second-order valence-corrected chi connectivity index (χ2v) is 6.26. The zero-order chi connectivity index (χ0) is 18.7. The molecule has 5 heteroatoms. The Balaban J connectivity index is 2.20. The van der Waals surface area contributed by atoms with Gasteiger partial charge in [-0.15, -0.1) is 0 Å². The summed E-state index contributed by atoms with van der Waals surface area (Å²) < 4.78 is 5.70. The van der Waals surface area contributed by atoms with Crippen LogP contribution in [0.15, 0.2) is 54.9 Å². The highest BCUT2D eigenvalue weighted by atomic mass is 16.5. The van der Waals surface area contributed by atoms with E-state index in [1.807, 2.05) is 44.6 Å². The quantitative estimate of drug-likeness (QED) is 0.571. The second kappa shape index (κ2) is 7.45. The van der Waals surface area contributed by atoms with E-state index in [4.69, 9.17) is 15.9 Å². The van der Waals surface area contributed by atoms with Crippen LogP contribution in [0.25, 0.3) is 11.1 Å². The van der Waals surface area contributed by atoms with E-state index in [0.717, 1.165) is 39.1 Å². The molecule has 0 saturated heterocycles. The molecule has 3 rings (SSSR count). The molecule has 2 aromatic carbocycles. The maximum Gasteiger partial charge on any atom is 0.155 e. The van der Waals surface area contributed by atoms with Gasteiger partial charge in [0, 0.05) is 62.2 Å². The summed E-state index contributed by atoms with van der Waals surface area (Å²) >= 11 is 0. The van der Waals surface area contributed by atoms with Gasteiger partial charge in [-0.1, -0.05) is 24.3 Å². The minimum atomic E-state index is -0.152. The van der Waals surface area contributed by atoms with Crippen LogP contribution in [0.4, 0.5) is 5.69 Å². The van der Waals surface area contributed by atoms with Gasteiger partial charge >= 0.3 is 0 Å². The maximum absolute atomic E-state index is 7.69. The molecule has 1 heterocycles. The van der Waals surface area contributed by atoms with E-state index in [2.05, 4.69) is 34.6 Å². The molecule has 1 atom stereocenters. The van der Waals surface area contributed by atoms with Crippen LogP contribution in [0.1, 0.15) is 28.5 Å². The smallest absolute Gasteiger partial charge is 0.155 e. The number of anilines is 1. The minimum absolute atomic E-state index is 0.152. The Labute approximate surface area is 154 Å². The summed E-state index contributed by atoms with van der Waals surface area (Å²) in [6.07, 6.45) is 5.10. The molecule has 1 aliphatic rings. The van der Waals surface area contributed by atoms with Crippen LogP contribution in [0.2, 0.25) is 0 Å². The normalized spacial score (nSPS) is 16.7. The summed E-state index contributed by atoms with van der Waals surface area (Å²) in [5.41, 5.74) is 12.8. The number of nitrogens with zero attached hydrogens (tertiary/aromatic N) is 1. The molecular formula is C21H24N4O. The molecule has 0 radical (unpaired) electrons. The molecule has 4 N–H and O–H groups in total. The second-order valence-electron chi connectivity index (χ2n) is 6.26. The third kappa shape index (κ3) is 3.21. The summed E-state index contributed by atoms with van der Waals surface area (Å²) in [6, 6.07) is 14.1. The number of benzene rings is 2. The van der Waals surface area contributed by atoms with E-state index in [-0.39, 0.29) is 6.23 Å². The topological polar surface area (TPSA) is 74.4 Å². The van der Waals surface area contributed by atoms with Crippen molar-refractivity contribution in [3.8, 4) is 0 Å². The van der Waals surface area contributed by atoms with E-state index < -0.39 is 0 Å². The largest absolute Gasteiger partial charge is 0.399 e. The zero-order valence-electron chi connectivity index (χ0n) is 15.3. The number of hydrogen-bond acceptors (Lipinski definition) is 5. The average Bonchev–Trinajstić information content (AvgIpc) is 2.65. The molecule has 0 aromatic heterocycles. The van der Waals surface area contributed by atoms with Gasteiger partial charge in [-0.3, -0.25) is 0 Å². The number of fused-ring (bicyclic) bond motifs is 1. The Morgan fingerprint density at radius 3 is 2.73 bits per heavy atom. The monoisotopic (exact) mass is 348 g/mol. The van der Waals surface area contributed by atoms with E-state index in [0.29, 0.717) is 0 Å². The van der Waals surface area contributed by atoms with Crippen molar-refractivity contribution in [2.24, 2.45) is 0 Å². The third-order valence-electron chi connectivity index (χ3n) is 4.52. The molecule has 26 heavy (non-hydrogen) atoms. The number of nitrogens with two attached hydrogens (primary N) is 1. The molecule has 1 aliphatic heterocycles. The predicted octanol–water partition coefficient (Wildman–Crippen LogP) is 3.46. The van der Waals surface area contributed by atoms with Gasteiger partial charge in [0.1, 0.15) is 0 Å². The lowest BCUT2D eigenvalue weighted by molar-refractivity contribution is 0.00460. The first-order chi connectivity index (χ1) is 12.6. The fourth-order valence-electron chi connectivity index (χ4n) is 3.34. The van der Waals surface area contributed by atoms with Gasteiger partial charge in [0.15, 0.2) is 6.23 Å². The van der Waals surface area contributed by atoms with Gasteiger partial charge in [-0.05, 0) is 34.9 Å². The van der Waals surface area contributed by atoms with Crippen molar-refractivity contribution in [1.29, 1.82) is 5.41 Å². The van der Waals surface area contributed by atoms with Crippen LogP contribution in [-0.2, 0) is 4.74 Å². The van der Waals surface area contributed by atoms with Gasteiger partial charge in [0.05, 0.1) is 0 Å². The molecule has 0 fully saturated rings. The van der Waals surface area contributed by atoms with Crippen LogP contribution >= 0.6 is 0 Å². The van der Waals surface area contributed by atoms with Crippen molar-refractivity contribution >= 4 is 23.0 Å². The summed E-state index contributed by atoms with van der Waals surface area (Å²) in [5, 5.41) is 10.7. The Kier molecular flexibility index (Phi) is 5.09. The van der Waals surface area contributed by atoms with E-state index in [1.165, 1.54) is 6.21 Å². The SMILES string of the molecule is CN/C=C(\C=N)c1ccc2c(c1)C(c1cccc(N)c1)=CN(C)C2OC. The van der Waals surface area contributed by atoms with Crippen molar-refractivity contribution in [3.05, 3.63) is 77.1 Å². The van der Waals surface area contributed by atoms with Crippen molar-refractivity contribution in [2.45, 2.75) is 6.23 Å². The van der Waals surface area contributed by atoms with E-state index >= 15 is 0 Å². The fraction of sp³-hybridized carbons (Fsp3) is 0.190. The van der Waals surface area contributed by atoms with Gasteiger partial charge in [0.2, 0.25) is 0 Å². The number of hydrogen-bond donors (Lipinski definition) is 3. The van der Waals surface area contributed by atoms with Gasteiger partial charge in [-0.25, -0.2) is 0 Å². The number of allylic oxidation sites excluding steroid dienone is 1. The van der Waals surface area contributed by atoms with E-state index in [1.54, 1.807) is 7.11 Å². The summed E-state index contributed by atoms with van der Waals surface area (Å²) in [7, 11) is 5.54. The predicted molar refractivity (Wildman–Crippen MR) is 108 cm³/mol. The molecule has 0 aliphatic carbocycles. The highest BCUT2D eigenvalue weighted by Gasteiger charge is 2.26. The minimum Gasteiger partial charge on any atom is -0.399 e. The Morgan fingerprint density at radius 1 is 1.27 bits per heavy atom. The van der Waals surface area contributed by atoms with Crippen molar-refractivity contribution in [3.63, 3.8) is 0 Å². The van der Waals surface area contributed by atoms with Gasteiger partial charge < -0.3 is 26.1 Å². The van der Waals surface area contributed by atoms with Crippen molar-refractivity contribution in [2.75, 3.05) is 26.9 Å². The zero-order valence-corrected chi connectivity index (χ0v) is 15.3. The highest BCUT2D eigenvalue weighted by Crippen LogP contribution is 2.39. The van der Waals surface area contributed by atoms with Crippen molar-refractivity contribution < 1.29 is 4.74 Å². The third-order valence-corrected chi connectivity index (χ3v) is 4.52. The Bertz CT molecular complexity index is 885. The summed E-state index contributed by atoms with van der Waals surface area (Å²) in [5.74, 6) is 0. The summed E-state index contributed by atoms with van der Waals surface area (Å²) in [4.78, 5) is 2.06. The lowest BCUT2D eigenvalue weighted by atomic mass is 9.88. The van der Waals surface area contributed by atoms with Gasteiger partial charge in [-0.2, -0.15) is 0 Å². The van der Waals surface area contributed by atoms with Gasteiger partial charge in [0.25, 0.3) is 0 Å². The number of nitrogens with one attached hydrogen (secondary N) is 2. The Morgan fingerprint density at radius 2 is 2.08 bits per heavy atom. The number of methoxy groups -OCH3 is 1. The standard InChI is InChI=1S/C21H24N4O/c1-24-12-16(11-22)14-7-8-18-19(10-14)20(13-25(2)21(18)26-3)15-5-4-6-17(23)9-15/h4-13,21-22,24H,23H2,1-3H3/b16-12+,22-11?. The molecule has 2 aromatic rings. The lowest BCUT2D eigenvalue weighted by Crippen LogP contribution is -2.26. The summed E-state index contributed by atoms with van der Waals surface area (Å²) in [6.45, 7) is 0. The van der Waals surface area contributed by atoms with Crippen LogP contribution in [0.3, 0.4) is 0 Å².